The van der Waals surface area contributed by atoms with Gasteiger partial charge in [-0.15, -0.1) is 0 Å². The second-order valence-electron chi connectivity index (χ2n) is 6.17. The van der Waals surface area contributed by atoms with Gasteiger partial charge in [-0.1, -0.05) is 32.3 Å². The molecule has 0 bridgehead atoms. The molecule has 2 atom stereocenters. The van der Waals surface area contributed by atoms with E-state index in [1.807, 2.05) is 26.0 Å². The summed E-state index contributed by atoms with van der Waals surface area (Å²) >= 11 is 0. The van der Waals surface area contributed by atoms with Gasteiger partial charge in [-0.25, -0.2) is 0 Å². The molecule has 1 aliphatic rings. The van der Waals surface area contributed by atoms with E-state index in [1.54, 1.807) is 0 Å². The standard InChI is InChI=1S/C17H28N2O/c1-4-13-7-5-8-14(11-13)19-15-9-6-10-16(17(15)18)20-12(2)3/h6,9-10,12-14,19H,4-5,7-8,11,18H2,1-3H3. The van der Waals surface area contributed by atoms with Crippen molar-refractivity contribution in [3.05, 3.63) is 18.2 Å². The molecule has 1 saturated carbocycles. The SMILES string of the molecule is CCC1CCCC(Nc2cccc(OC(C)C)c2N)C1. The van der Waals surface area contributed by atoms with Crippen LogP contribution < -0.4 is 15.8 Å². The van der Waals surface area contributed by atoms with Gasteiger partial charge >= 0.3 is 0 Å². The van der Waals surface area contributed by atoms with Gasteiger partial charge in [-0.2, -0.15) is 0 Å². The van der Waals surface area contributed by atoms with Crippen LogP contribution in [0.25, 0.3) is 0 Å². The number of anilines is 2. The Balaban J connectivity index is 2.05. The summed E-state index contributed by atoms with van der Waals surface area (Å²) in [7, 11) is 0. The van der Waals surface area contributed by atoms with E-state index in [-0.39, 0.29) is 6.10 Å². The number of ether oxygens (including phenoxy) is 1. The molecule has 3 nitrogen and oxygen atoms in total. The number of hydrogen-bond acceptors (Lipinski definition) is 3. The van der Waals surface area contributed by atoms with E-state index in [0.717, 1.165) is 23.0 Å². The maximum atomic E-state index is 6.23. The highest BCUT2D eigenvalue weighted by Crippen LogP contribution is 2.34. The molecule has 0 aromatic heterocycles. The van der Waals surface area contributed by atoms with E-state index in [9.17, 15) is 0 Å². The number of nitrogens with one attached hydrogen (secondary N) is 1. The quantitative estimate of drug-likeness (QED) is 0.782. The minimum atomic E-state index is 0.145. The van der Waals surface area contributed by atoms with E-state index in [2.05, 4.69) is 18.3 Å². The van der Waals surface area contributed by atoms with Crippen molar-refractivity contribution in [1.82, 2.24) is 0 Å². The molecule has 0 amide bonds. The minimum absolute atomic E-state index is 0.145. The number of para-hydroxylation sites is 1. The van der Waals surface area contributed by atoms with E-state index >= 15 is 0 Å². The molecule has 0 saturated heterocycles. The highest BCUT2D eigenvalue weighted by Gasteiger charge is 2.21. The lowest BCUT2D eigenvalue weighted by Crippen LogP contribution is -2.27. The predicted molar refractivity (Wildman–Crippen MR) is 86.3 cm³/mol. The van der Waals surface area contributed by atoms with Crippen LogP contribution in [-0.2, 0) is 0 Å². The van der Waals surface area contributed by atoms with Crippen molar-refractivity contribution < 1.29 is 4.74 Å². The van der Waals surface area contributed by atoms with Crippen molar-refractivity contribution in [2.24, 2.45) is 5.92 Å². The van der Waals surface area contributed by atoms with Gasteiger partial charge in [0.25, 0.3) is 0 Å². The summed E-state index contributed by atoms with van der Waals surface area (Å²) in [5.41, 5.74) is 7.98. The number of rotatable bonds is 5. The van der Waals surface area contributed by atoms with Gasteiger partial charge in [0.15, 0.2) is 0 Å². The molecule has 2 unspecified atom stereocenters. The van der Waals surface area contributed by atoms with Gasteiger partial charge in [-0.3, -0.25) is 0 Å². The topological polar surface area (TPSA) is 47.3 Å². The van der Waals surface area contributed by atoms with Crippen LogP contribution >= 0.6 is 0 Å². The Hall–Kier alpha value is -1.38. The van der Waals surface area contributed by atoms with E-state index < -0.39 is 0 Å². The largest absolute Gasteiger partial charge is 0.489 e. The van der Waals surface area contributed by atoms with Crippen molar-refractivity contribution in [1.29, 1.82) is 0 Å². The molecule has 1 aromatic rings. The maximum Gasteiger partial charge on any atom is 0.144 e. The van der Waals surface area contributed by atoms with Gasteiger partial charge < -0.3 is 15.8 Å². The van der Waals surface area contributed by atoms with Crippen molar-refractivity contribution in [2.75, 3.05) is 11.1 Å². The first kappa shape index (κ1) is 15.0. The average Bonchev–Trinajstić information content (AvgIpc) is 2.43. The maximum absolute atomic E-state index is 6.23. The van der Waals surface area contributed by atoms with Gasteiger partial charge in [-0.05, 0) is 44.7 Å². The highest BCUT2D eigenvalue weighted by atomic mass is 16.5. The summed E-state index contributed by atoms with van der Waals surface area (Å²) in [6.45, 7) is 6.33. The fraction of sp³-hybridized carbons (Fsp3) is 0.647. The third-order valence-electron chi connectivity index (χ3n) is 4.15. The zero-order chi connectivity index (χ0) is 14.5. The summed E-state index contributed by atoms with van der Waals surface area (Å²) in [5.74, 6) is 1.64. The van der Waals surface area contributed by atoms with Gasteiger partial charge in [0.05, 0.1) is 17.5 Å². The smallest absolute Gasteiger partial charge is 0.144 e. The van der Waals surface area contributed by atoms with Crippen molar-refractivity contribution in [2.45, 2.75) is 65.0 Å². The van der Waals surface area contributed by atoms with Crippen LogP contribution in [0.5, 0.6) is 5.75 Å². The van der Waals surface area contributed by atoms with Gasteiger partial charge in [0, 0.05) is 6.04 Å². The third-order valence-corrected chi connectivity index (χ3v) is 4.15. The van der Waals surface area contributed by atoms with Crippen LogP contribution in [0.2, 0.25) is 0 Å². The molecular weight excluding hydrogens is 248 g/mol. The Morgan fingerprint density at radius 3 is 2.85 bits per heavy atom. The van der Waals surface area contributed by atoms with Crippen LogP contribution in [0.3, 0.4) is 0 Å². The van der Waals surface area contributed by atoms with Crippen molar-refractivity contribution in [3.63, 3.8) is 0 Å². The first-order valence-corrected chi connectivity index (χ1v) is 7.91. The van der Waals surface area contributed by atoms with Crippen LogP contribution in [0.15, 0.2) is 18.2 Å². The molecule has 1 aromatic carbocycles. The number of nitrogen functional groups attached to an aromatic ring is 1. The average molecular weight is 276 g/mol. The lowest BCUT2D eigenvalue weighted by molar-refractivity contribution is 0.244. The monoisotopic (exact) mass is 276 g/mol. The molecule has 0 radical (unpaired) electrons. The number of benzene rings is 1. The molecule has 20 heavy (non-hydrogen) atoms. The second kappa shape index (κ2) is 6.87. The fourth-order valence-electron chi connectivity index (χ4n) is 3.04. The normalized spacial score (nSPS) is 22.8. The molecular formula is C17H28N2O. The molecule has 0 heterocycles. The highest BCUT2D eigenvalue weighted by molar-refractivity contribution is 5.73. The molecule has 1 fully saturated rings. The van der Waals surface area contributed by atoms with Gasteiger partial charge in [0.1, 0.15) is 5.75 Å². The Kier molecular flexibility index (Phi) is 5.16. The van der Waals surface area contributed by atoms with Crippen molar-refractivity contribution >= 4 is 11.4 Å². The van der Waals surface area contributed by atoms with Crippen LogP contribution in [0.1, 0.15) is 52.9 Å². The summed E-state index contributed by atoms with van der Waals surface area (Å²) in [6, 6.07) is 6.55. The van der Waals surface area contributed by atoms with E-state index in [4.69, 9.17) is 10.5 Å². The predicted octanol–water partition coefficient (Wildman–Crippen LogP) is 4.44. The van der Waals surface area contributed by atoms with Crippen molar-refractivity contribution in [3.8, 4) is 5.75 Å². The summed E-state index contributed by atoms with van der Waals surface area (Å²) in [6.07, 6.45) is 6.62. The summed E-state index contributed by atoms with van der Waals surface area (Å²) < 4.78 is 5.75. The first-order chi connectivity index (χ1) is 9.60. The minimum Gasteiger partial charge on any atom is -0.489 e. The van der Waals surface area contributed by atoms with E-state index in [0.29, 0.717) is 6.04 Å². The zero-order valence-electron chi connectivity index (χ0n) is 13.0. The lowest BCUT2D eigenvalue weighted by Gasteiger charge is -2.30. The van der Waals surface area contributed by atoms with Crippen LogP contribution in [0, 0.1) is 5.92 Å². The number of nitrogens with two attached hydrogens (primary N) is 1. The second-order valence-corrected chi connectivity index (χ2v) is 6.17. The Morgan fingerprint density at radius 1 is 1.35 bits per heavy atom. The molecule has 1 aliphatic carbocycles. The molecule has 112 valence electrons. The van der Waals surface area contributed by atoms with Crippen LogP contribution in [0.4, 0.5) is 11.4 Å². The Morgan fingerprint density at radius 2 is 2.15 bits per heavy atom. The summed E-state index contributed by atoms with van der Waals surface area (Å²) in [5, 5.41) is 3.62. The Labute approximate surface area is 122 Å². The van der Waals surface area contributed by atoms with Crippen LogP contribution in [-0.4, -0.2) is 12.1 Å². The Bertz CT molecular complexity index is 431. The third kappa shape index (κ3) is 3.81. The summed E-state index contributed by atoms with van der Waals surface area (Å²) in [4.78, 5) is 0. The lowest BCUT2D eigenvalue weighted by atomic mass is 9.84. The van der Waals surface area contributed by atoms with Gasteiger partial charge in [0.2, 0.25) is 0 Å². The molecule has 3 heteroatoms. The molecule has 2 rings (SSSR count). The van der Waals surface area contributed by atoms with E-state index in [1.165, 1.54) is 32.1 Å². The molecule has 3 N–H and O–H groups in total. The first-order valence-electron chi connectivity index (χ1n) is 7.91. The zero-order valence-corrected chi connectivity index (χ0v) is 13.0. The number of hydrogen-bond donors (Lipinski definition) is 2. The molecule has 0 spiro atoms. The fourth-order valence-corrected chi connectivity index (χ4v) is 3.04. The molecule has 0 aliphatic heterocycles.